The third-order valence-electron chi connectivity index (χ3n) is 2.82. The lowest BCUT2D eigenvalue weighted by atomic mass is 10.2. The van der Waals surface area contributed by atoms with Gasteiger partial charge in [0.25, 0.3) is 0 Å². The van der Waals surface area contributed by atoms with Gasteiger partial charge >= 0.3 is 0 Å². The molecule has 4 nitrogen and oxygen atoms in total. The molecule has 0 bridgehead atoms. The molecule has 1 atom stereocenters. The van der Waals surface area contributed by atoms with Crippen LogP contribution in [0.3, 0.4) is 0 Å². The van der Waals surface area contributed by atoms with Gasteiger partial charge in [-0.1, -0.05) is 13.8 Å². The summed E-state index contributed by atoms with van der Waals surface area (Å²) in [5, 5.41) is 21.0. The van der Waals surface area contributed by atoms with Crippen LogP contribution in [0, 0.1) is 0 Å². The van der Waals surface area contributed by atoms with Crippen LogP contribution in [0.15, 0.2) is 24.3 Å². The van der Waals surface area contributed by atoms with E-state index < -0.39 is 6.10 Å². The van der Waals surface area contributed by atoms with Crippen molar-refractivity contribution in [2.45, 2.75) is 38.9 Å². The molecule has 1 aromatic rings. The van der Waals surface area contributed by atoms with Crippen molar-refractivity contribution < 1.29 is 14.9 Å². The van der Waals surface area contributed by atoms with E-state index in [0.717, 1.165) is 24.3 Å². The summed E-state index contributed by atoms with van der Waals surface area (Å²) in [4.78, 5) is 0. The van der Waals surface area contributed by atoms with Crippen molar-refractivity contribution in [2.24, 2.45) is 0 Å². The maximum absolute atomic E-state index is 9.22. The van der Waals surface area contributed by atoms with Crippen LogP contribution in [-0.4, -0.2) is 35.6 Å². The Hall–Kier alpha value is -1.26. The lowest BCUT2D eigenvalue weighted by molar-refractivity contribution is 0.105. The van der Waals surface area contributed by atoms with E-state index in [2.05, 4.69) is 19.2 Å². The Bertz CT molecular complexity index is 322. The Balaban J connectivity index is 2.47. The lowest BCUT2D eigenvalue weighted by Gasteiger charge is -2.16. The second kappa shape index (κ2) is 7.95. The van der Waals surface area contributed by atoms with Gasteiger partial charge in [0.15, 0.2) is 0 Å². The average Bonchev–Trinajstić information content (AvgIpc) is 2.43. The summed E-state index contributed by atoms with van der Waals surface area (Å²) >= 11 is 0. The Labute approximate surface area is 109 Å². The highest BCUT2D eigenvalue weighted by Gasteiger charge is 2.05. The van der Waals surface area contributed by atoms with Gasteiger partial charge in [-0.25, -0.2) is 0 Å². The first-order chi connectivity index (χ1) is 8.69. The summed E-state index contributed by atoms with van der Waals surface area (Å²) in [6.07, 6.45) is 1.53. The third kappa shape index (κ3) is 4.94. The van der Waals surface area contributed by atoms with E-state index in [1.54, 1.807) is 0 Å². The van der Waals surface area contributed by atoms with Gasteiger partial charge in [0.2, 0.25) is 0 Å². The minimum absolute atomic E-state index is 0.233. The van der Waals surface area contributed by atoms with E-state index in [-0.39, 0.29) is 12.7 Å². The molecule has 1 rings (SSSR count). The number of ether oxygens (including phenoxy) is 1. The molecule has 0 aliphatic carbocycles. The fourth-order valence-electron chi connectivity index (χ4n) is 1.60. The van der Waals surface area contributed by atoms with Crippen molar-refractivity contribution in [3.8, 4) is 5.75 Å². The fourth-order valence-corrected chi connectivity index (χ4v) is 1.60. The number of aliphatic hydroxyl groups is 2. The van der Waals surface area contributed by atoms with Crippen molar-refractivity contribution in [2.75, 3.05) is 18.5 Å². The maximum atomic E-state index is 9.22. The number of anilines is 1. The SMILES string of the molecule is CCC(CC)Oc1ccc(NCC(O)CO)cc1. The normalized spacial score (nSPS) is 12.5. The second-order valence-corrected chi connectivity index (χ2v) is 4.30. The molecule has 0 aliphatic rings. The van der Waals surface area contributed by atoms with E-state index in [1.807, 2.05) is 24.3 Å². The summed E-state index contributed by atoms with van der Waals surface area (Å²) in [5.74, 6) is 0.858. The van der Waals surface area contributed by atoms with E-state index in [1.165, 1.54) is 0 Å². The highest BCUT2D eigenvalue weighted by atomic mass is 16.5. The lowest BCUT2D eigenvalue weighted by Crippen LogP contribution is -2.22. The molecular weight excluding hydrogens is 230 g/mol. The number of hydrogen-bond acceptors (Lipinski definition) is 4. The zero-order valence-electron chi connectivity index (χ0n) is 11.1. The minimum Gasteiger partial charge on any atom is -0.490 e. The quantitative estimate of drug-likeness (QED) is 0.663. The van der Waals surface area contributed by atoms with Crippen LogP contribution >= 0.6 is 0 Å². The van der Waals surface area contributed by atoms with Crippen LogP contribution < -0.4 is 10.1 Å². The summed E-state index contributed by atoms with van der Waals surface area (Å²) in [7, 11) is 0. The first kappa shape index (κ1) is 14.8. The Morgan fingerprint density at radius 3 is 2.28 bits per heavy atom. The van der Waals surface area contributed by atoms with E-state index in [9.17, 15) is 5.11 Å². The molecule has 1 unspecified atom stereocenters. The molecule has 0 saturated heterocycles. The summed E-state index contributed by atoms with van der Waals surface area (Å²) < 4.78 is 5.80. The molecular formula is C14H23NO3. The van der Waals surface area contributed by atoms with Crippen LogP contribution in [0.25, 0.3) is 0 Å². The number of aliphatic hydroxyl groups excluding tert-OH is 2. The third-order valence-corrected chi connectivity index (χ3v) is 2.82. The van der Waals surface area contributed by atoms with Crippen LogP contribution in [0.2, 0.25) is 0 Å². The zero-order chi connectivity index (χ0) is 13.4. The highest BCUT2D eigenvalue weighted by Crippen LogP contribution is 2.18. The van der Waals surface area contributed by atoms with Gasteiger partial charge < -0.3 is 20.3 Å². The van der Waals surface area contributed by atoms with E-state index in [0.29, 0.717) is 6.54 Å². The van der Waals surface area contributed by atoms with Gasteiger partial charge in [0, 0.05) is 12.2 Å². The molecule has 0 fully saturated rings. The van der Waals surface area contributed by atoms with Gasteiger partial charge in [-0.2, -0.15) is 0 Å². The van der Waals surface area contributed by atoms with Crippen LogP contribution in [0.1, 0.15) is 26.7 Å². The van der Waals surface area contributed by atoms with Crippen molar-refractivity contribution in [1.82, 2.24) is 0 Å². The number of nitrogens with one attached hydrogen (secondary N) is 1. The maximum Gasteiger partial charge on any atom is 0.119 e. The fraction of sp³-hybridized carbons (Fsp3) is 0.571. The molecule has 0 saturated carbocycles. The van der Waals surface area contributed by atoms with Gasteiger partial charge in [-0.15, -0.1) is 0 Å². The Morgan fingerprint density at radius 1 is 1.17 bits per heavy atom. The molecule has 0 amide bonds. The molecule has 0 radical (unpaired) electrons. The summed E-state index contributed by atoms with van der Waals surface area (Å²) in [6.45, 7) is 4.33. The van der Waals surface area contributed by atoms with Gasteiger partial charge in [0.1, 0.15) is 5.75 Å². The largest absolute Gasteiger partial charge is 0.490 e. The Morgan fingerprint density at radius 2 is 1.78 bits per heavy atom. The van der Waals surface area contributed by atoms with Crippen LogP contribution in [0.4, 0.5) is 5.69 Å². The molecule has 102 valence electrons. The van der Waals surface area contributed by atoms with E-state index >= 15 is 0 Å². The standard InChI is InChI=1S/C14H23NO3/c1-3-13(4-2)18-14-7-5-11(6-8-14)15-9-12(17)10-16/h5-8,12-13,15-17H,3-4,9-10H2,1-2H3. The van der Waals surface area contributed by atoms with Gasteiger partial charge in [-0.3, -0.25) is 0 Å². The predicted molar refractivity (Wildman–Crippen MR) is 73.0 cm³/mol. The number of rotatable bonds is 8. The molecule has 0 aromatic heterocycles. The van der Waals surface area contributed by atoms with Crippen molar-refractivity contribution in [3.63, 3.8) is 0 Å². The molecule has 0 aliphatic heterocycles. The zero-order valence-corrected chi connectivity index (χ0v) is 11.1. The predicted octanol–water partition coefficient (Wildman–Crippen LogP) is 2.02. The minimum atomic E-state index is -0.731. The molecule has 1 aromatic carbocycles. The molecule has 0 spiro atoms. The highest BCUT2D eigenvalue weighted by molar-refractivity contribution is 5.46. The molecule has 4 heteroatoms. The average molecular weight is 253 g/mol. The second-order valence-electron chi connectivity index (χ2n) is 4.30. The Kier molecular flexibility index (Phi) is 6.54. The van der Waals surface area contributed by atoms with Crippen molar-refractivity contribution in [3.05, 3.63) is 24.3 Å². The topological polar surface area (TPSA) is 61.7 Å². The molecule has 18 heavy (non-hydrogen) atoms. The number of benzene rings is 1. The van der Waals surface area contributed by atoms with Gasteiger partial charge in [-0.05, 0) is 37.1 Å². The van der Waals surface area contributed by atoms with Crippen LogP contribution in [-0.2, 0) is 0 Å². The molecule has 0 heterocycles. The first-order valence-corrected chi connectivity index (χ1v) is 6.49. The smallest absolute Gasteiger partial charge is 0.119 e. The van der Waals surface area contributed by atoms with Crippen molar-refractivity contribution >= 4 is 5.69 Å². The number of hydrogen-bond donors (Lipinski definition) is 3. The summed E-state index contributed by atoms with van der Waals surface area (Å²) in [5.41, 5.74) is 0.902. The monoisotopic (exact) mass is 253 g/mol. The first-order valence-electron chi connectivity index (χ1n) is 6.49. The van der Waals surface area contributed by atoms with E-state index in [4.69, 9.17) is 9.84 Å². The van der Waals surface area contributed by atoms with Crippen LogP contribution in [0.5, 0.6) is 5.75 Å². The molecule has 3 N–H and O–H groups in total. The van der Waals surface area contributed by atoms with Crippen molar-refractivity contribution in [1.29, 1.82) is 0 Å². The van der Waals surface area contributed by atoms with Gasteiger partial charge in [0.05, 0.1) is 18.8 Å². The summed E-state index contributed by atoms with van der Waals surface area (Å²) in [6, 6.07) is 7.63.